The highest BCUT2D eigenvalue weighted by atomic mass is 16.4. The van der Waals surface area contributed by atoms with E-state index in [0.717, 1.165) is 0 Å². The Balaban J connectivity index is 2.91. The first-order valence-electron chi connectivity index (χ1n) is 6.80. The summed E-state index contributed by atoms with van der Waals surface area (Å²) in [6.07, 6.45) is 0.123. The van der Waals surface area contributed by atoms with Crippen LogP contribution in [0.2, 0.25) is 0 Å². The lowest BCUT2D eigenvalue weighted by molar-refractivity contribution is -0.136. The number of urea groups is 1. The van der Waals surface area contributed by atoms with Gasteiger partial charge in [0.25, 0.3) is 0 Å². The normalized spacial score (nSPS) is 9.71. The molecule has 1 aromatic carbocycles. The van der Waals surface area contributed by atoms with Gasteiger partial charge in [-0.3, -0.25) is 9.69 Å². The monoisotopic (exact) mass is 289 g/mol. The summed E-state index contributed by atoms with van der Waals surface area (Å²) in [4.78, 5) is 26.3. The quantitative estimate of drug-likeness (QED) is 0.834. The maximum Gasteiger partial charge on any atom is 0.324 e. The molecule has 112 valence electrons. The van der Waals surface area contributed by atoms with Crippen LogP contribution in [0.4, 0.5) is 10.5 Å². The highest BCUT2D eigenvalue weighted by molar-refractivity contribution is 5.92. The smallest absolute Gasteiger partial charge is 0.324 e. The van der Waals surface area contributed by atoms with Crippen LogP contribution < -0.4 is 4.90 Å². The Kier molecular flexibility index (Phi) is 6.75. The van der Waals surface area contributed by atoms with Crippen LogP contribution in [-0.4, -0.2) is 41.6 Å². The number of hydrogen-bond acceptors (Lipinski definition) is 3. The van der Waals surface area contributed by atoms with Gasteiger partial charge in [0.2, 0.25) is 0 Å². The van der Waals surface area contributed by atoms with Gasteiger partial charge < -0.3 is 10.0 Å². The Labute approximate surface area is 124 Å². The fourth-order valence-electron chi connectivity index (χ4n) is 1.90. The van der Waals surface area contributed by atoms with Gasteiger partial charge in [-0.1, -0.05) is 18.2 Å². The van der Waals surface area contributed by atoms with Gasteiger partial charge in [0.1, 0.15) is 0 Å². The summed E-state index contributed by atoms with van der Waals surface area (Å²) in [6, 6.07) is 10.7. The minimum absolute atomic E-state index is 0.0984. The average molecular weight is 289 g/mol. The largest absolute Gasteiger partial charge is 0.481 e. The number of aliphatic carboxylic acids is 1. The zero-order valence-electron chi connectivity index (χ0n) is 12.0. The molecular weight excluding hydrogens is 270 g/mol. The van der Waals surface area contributed by atoms with Crippen LogP contribution in [0, 0.1) is 11.3 Å². The lowest BCUT2D eigenvalue weighted by Crippen LogP contribution is -2.44. The lowest BCUT2D eigenvalue weighted by Gasteiger charge is -2.29. The number of anilines is 1. The first-order valence-corrected chi connectivity index (χ1v) is 6.80. The average Bonchev–Trinajstić information content (AvgIpc) is 2.49. The van der Waals surface area contributed by atoms with Gasteiger partial charge in [0.15, 0.2) is 0 Å². The fourth-order valence-corrected chi connectivity index (χ4v) is 1.90. The molecule has 1 N–H and O–H groups in total. The first-order chi connectivity index (χ1) is 10.1. The zero-order valence-corrected chi connectivity index (χ0v) is 12.0. The van der Waals surface area contributed by atoms with Crippen molar-refractivity contribution >= 4 is 17.7 Å². The Hall–Kier alpha value is -2.55. The summed E-state index contributed by atoms with van der Waals surface area (Å²) < 4.78 is 0. The molecule has 0 heterocycles. The number of para-hydroxylation sites is 1. The standard InChI is InChI=1S/C15H19N3O3/c1-2-17(11-6-10-16)15(21)18(12-9-14(19)20)13-7-4-3-5-8-13/h3-5,7-8H,2,6,9,11-12H2,1H3,(H,19,20). The second-order valence-corrected chi connectivity index (χ2v) is 4.40. The fraction of sp³-hybridized carbons (Fsp3) is 0.400. The molecule has 6 heteroatoms. The third kappa shape index (κ3) is 5.15. The van der Waals surface area contributed by atoms with Gasteiger partial charge >= 0.3 is 12.0 Å². The second kappa shape index (κ2) is 8.59. The van der Waals surface area contributed by atoms with Crippen LogP contribution in [0.1, 0.15) is 19.8 Å². The molecule has 0 fully saturated rings. The van der Waals surface area contributed by atoms with E-state index >= 15 is 0 Å². The number of carboxylic acids is 1. The van der Waals surface area contributed by atoms with E-state index in [1.807, 2.05) is 19.1 Å². The highest BCUT2D eigenvalue weighted by Gasteiger charge is 2.21. The summed E-state index contributed by atoms with van der Waals surface area (Å²) in [5.74, 6) is -0.955. The van der Waals surface area contributed by atoms with Crippen LogP contribution in [0.15, 0.2) is 30.3 Å². The number of hydrogen-bond donors (Lipinski definition) is 1. The zero-order chi connectivity index (χ0) is 15.7. The van der Waals surface area contributed by atoms with Crippen LogP contribution in [0.5, 0.6) is 0 Å². The van der Waals surface area contributed by atoms with Crippen molar-refractivity contribution in [2.45, 2.75) is 19.8 Å². The highest BCUT2D eigenvalue weighted by Crippen LogP contribution is 2.16. The molecule has 0 aliphatic rings. The van der Waals surface area contributed by atoms with Gasteiger partial charge in [-0.15, -0.1) is 0 Å². The van der Waals surface area contributed by atoms with E-state index in [0.29, 0.717) is 18.8 Å². The van der Waals surface area contributed by atoms with Crippen molar-refractivity contribution in [2.75, 3.05) is 24.5 Å². The number of carboxylic acid groups (broad SMARTS) is 1. The van der Waals surface area contributed by atoms with E-state index in [9.17, 15) is 9.59 Å². The van der Waals surface area contributed by atoms with E-state index in [1.165, 1.54) is 9.80 Å². The molecule has 0 aliphatic heterocycles. The molecule has 0 saturated heterocycles. The van der Waals surface area contributed by atoms with Crippen molar-refractivity contribution in [3.8, 4) is 6.07 Å². The number of carbonyl (C=O) groups excluding carboxylic acids is 1. The molecule has 1 rings (SSSR count). The first kappa shape index (κ1) is 16.5. The number of amides is 2. The van der Waals surface area contributed by atoms with Crippen LogP contribution in [0.25, 0.3) is 0 Å². The SMILES string of the molecule is CCN(CCC#N)C(=O)N(CCC(=O)O)c1ccccc1. The van der Waals surface area contributed by atoms with Crippen molar-refractivity contribution in [3.63, 3.8) is 0 Å². The van der Waals surface area contributed by atoms with Gasteiger partial charge in [-0.2, -0.15) is 5.26 Å². The van der Waals surface area contributed by atoms with Crippen molar-refractivity contribution in [1.82, 2.24) is 4.90 Å². The molecule has 2 amide bonds. The summed E-state index contributed by atoms with van der Waals surface area (Å²) in [7, 11) is 0. The van der Waals surface area contributed by atoms with Gasteiger partial charge in [-0.25, -0.2) is 4.79 Å². The second-order valence-electron chi connectivity index (χ2n) is 4.40. The predicted octanol–water partition coefficient (Wildman–Crippen LogP) is 2.32. The number of nitriles is 1. The molecule has 0 radical (unpaired) electrons. The van der Waals surface area contributed by atoms with E-state index in [2.05, 4.69) is 0 Å². The number of nitrogens with zero attached hydrogens (tertiary/aromatic N) is 3. The van der Waals surface area contributed by atoms with E-state index in [-0.39, 0.29) is 25.4 Å². The molecule has 0 spiro atoms. The third-order valence-corrected chi connectivity index (χ3v) is 2.99. The van der Waals surface area contributed by atoms with Crippen molar-refractivity contribution < 1.29 is 14.7 Å². The Morgan fingerprint density at radius 1 is 1.24 bits per heavy atom. The summed E-state index contributed by atoms with van der Waals surface area (Å²) in [5, 5.41) is 17.5. The minimum atomic E-state index is -0.955. The Bertz CT molecular complexity index is 511. The van der Waals surface area contributed by atoms with E-state index in [1.54, 1.807) is 24.3 Å². The maximum atomic E-state index is 12.5. The molecule has 1 aromatic rings. The molecule has 0 saturated carbocycles. The van der Waals surface area contributed by atoms with Crippen molar-refractivity contribution in [1.29, 1.82) is 5.26 Å². The Morgan fingerprint density at radius 3 is 2.43 bits per heavy atom. The van der Waals surface area contributed by atoms with Crippen LogP contribution >= 0.6 is 0 Å². The molecular formula is C15H19N3O3. The molecule has 0 aliphatic carbocycles. The third-order valence-electron chi connectivity index (χ3n) is 2.99. The summed E-state index contributed by atoms with van der Waals surface area (Å²) in [5.41, 5.74) is 0.652. The number of carbonyl (C=O) groups is 2. The molecule has 21 heavy (non-hydrogen) atoms. The van der Waals surface area contributed by atoms with Gasteiger partial charge in [0, 0.05) is 25.3 Å². The Morgan fingerprint density at radius 2 is 1.90 bits per heavy atom. The summed E-state index contributed by atoms with van der Waals surface area (Å²) in [6.45, 7) is 2.73. The number of benzene rings is 1. The molecule has 0 bridgehead atoms. The molecule has 6 nitrogen and oxygen atoms in total. The van der Waals surface area contributed by atoms with Crippen LogP contribution in [0.3, 0.4) is 0 Å². The molecule has 0 aromatic heterocycles. The summed E-state index contributed by atoms with van der Waals surface area (Å²) >= 11 is 0. The molecule has 0 unspecified atom stereocenters. The molecule has 0 atom stereocenters. The predicted molar refractivity (Wildman–Crippen MR) is 78.9 cm³/mol. The van der Waals surface area contributed by atoms with Crippen molar-refractivity contribution in [3.05, 3.63) is 30.3 Å². The number of rotatable bonds is 7. The van der Waals surface area contributed by atoms with E-state index < -0.39 is 5.97 Å². The van der Waals surface area contributed by atoms with Crippen LogP contribution in [-0.2, 0) is 4.79 Å². The van der Waals surface area contributed by atoms with Gasteiger partial charge in [0.05, 0.1) is 18.9 Å². The van der Waals surface area contributed by atoms with Gasteiger partial charge in [-0.05, 0) is 19.1 Å². The van der Waals surface area contributed by atoms with Crippen molar-refractivity contribution in [2.24, 2.45) is 0 Å². The van der Waals surface area contributed by atoms with E-state index in [4.69, 9.17) is 10.4 Å². The maximum absolute atomic E-state index is 12.5. The minimum Gasteiger partial charge on any atom is -0.481 e. The topological polar surface area (TPSA) is 84.6 Å². The lowest BCUT2D eigenvalue weighted by atomic mass is 10.2.